The summed E-state index contributed by atoms with van der Waals surface area (Å²) in [5.74, 6) is 0.288. The van der Waals surface area contributed by atoms with E-state index >= 15 is 0 Å². The summed E-state index contributed by atoms with van der Waals surface area (Å²) in [5, 5.41) is 2.76. The van der Waals surface area contributed by atoms with Gasteiger partial charge < -0.3 is 10.1 Å². The van der Waals surface area contributed by atoms with Crippen molar-refractivity contribution in [2.45, 2.75) is 25.3 Å². The van der Waals surface area contributed by atoms with Crippen LogP contribution in [0.3, 0.4) is 0 Å². The second kappa shape index (κ2) is 6.60. The van der Waals surface area contributed by atoms with Crippen molar-refractivity contribution in [2.24, 2.45) is 0 Å². The Hall–Kier alpha value is -0.940. The van der Waals surface area contributed by atoms with Crippen molar-refractivity contribution < 1.29 is 14.3 Å². The van der Waals surface area contributed by atoms with Gasteiger partial charge >= 0.3 is 0 Å². The van der Waals surface area contributed by atoms with Gasteiger partial charge in [0.25, 0.3) is 0 Å². The van der Waals surface area contributed by atoms with Gasteiger partial charge in [0.2, 0.25) is 5.91 Å². The molecule has 1 rings (SSSR count). The van der Waals surface area contributed by atoms with Crippen LogP contribution in [0.25, 0.3) is 0 Å². The van der Waals surface area contributed by atoms with Gasteiger partial charge in [0.05, 0.1) is 13.2 Å². The molecule has 1 unspecified atom stereocenters. The first-order valence-electron chi connectivity index (χ1n) is 5.61. The summed E-state index contributed by atoms with van der Waals surface area (Å²) in [7, 11) is 3.49. The summed E-state index contributed by atoms with van der Waals surface area (Å²) >= 11 is 0. The Morgan fingerprint density at radius 3 is 2.94 bits per heavy atom. The highest BCUT2D eigenvalue weighted by atomic mass is 16.5. The van der Waals surface area contributed by atoms with E-state index in [1.807, 2.05) is 11.9 Å². The molecule has 0 aromatic carbocycles. The van der Waals surface area contributed by atoms with Crippen LogP contribution in [0.5, 0.6) is 0 Å². The molecule has 1 atom stereocenters. The van der Waals surface area contributed by atoms with E-state index < -0.39 is 0 Å². The van der Waals surface area contributed by atoms with E-state index in [1.54, 1.807) is 7.11 Å². The minimum Gasteiger partial charge on any atom is -0.383 e. The number of ketones is 1. The topological polar surface area (TPSA) is 58.6 Å². The van der Waals surface area contributed by atoms with Crippen molar-refractivity contribution >= 4 is 11.7 Å². The van der Waals surface area contributed by atoms with Crippen molar-refractivity contribution in [1.29, 1.82) is 0 Å². The SMILES string of the molecule is COCCNC(=O)CN(C)C1CCC(=O)C1. The molecule has 1 aliphatic carbocycles. The number of carbonyl (C=O) groups excluding carboxylic acids is 2. The van der Waals surface area contributed by atoms with E-state index in [1.165, 1.54) is 0 Å². The number of hydrogen-bond acceptors (Lipinski definition) is 4. The van der Waals surface area contributed by atoms with Crippen molar-refractivity contribution in [3.8, 4) is 0 Å². The third-order valence-electron chi connectivity index (χ3n) is 2.86. The molecule has 0 heterocycles. The highest BCUT2D eigenvalue weighted by molar-refractivity contribution is 5.81. The Morgan fingerprint density at radius 1 is 1.62 bits per heavy atom. The molecule has 0 saturated heterocycles. The monoisotopic (exact) mass is 228 g/mol. The quantitative estimate of drug-likeness (QED) is 0.640. The second-order valence-electron chi connectivity index (χ2n) is 4.19. The van der Waals surface area contributed by atoms with Crippen LogP contribution < -0.4 is 5.32 Å². The molecular weight excluding hydrogens is 208 g/mol. The number of likely N-dealkylation sites (N-methyl/N-ethyl adjacent to an activating group) is 1. The number of rotatable bonds is 6. The molecule has 1 saturated carbocycles. The number of amides is 1. The van der Waals surface area contributed by atoms with Gasteiger partial charge in [-0.1, -0.05) is 0 Å². The Labute approximate surface area is 96.1 Å². The van der Waals surface area contributed by atoms with Crippen LogP contribution in [0.2, 0.25) is 0 Å². The van der Waals surface area contributed by atoms with Crippen LogP contribution in [0.1, 0.15) is 19.3 Å². The molecule has 1 N–H and O–H groups in total. The fourth-order valence-corrected chi connectivity index (χ4v) is 1.87. The van der Waals surface area contributed by atoms with Crippen LogP contribution in [-0.4, -0.2) is 56.5 Å². The fourth-order valence-electron chi connectivity index (χ4n) is 1.87. The number of ether oxygens (including phenoxy) is 1. The molecule has 1 fully saturated rings. The van der Waals surface area contributed by atoms with E-state index in [0.717, 1.165) is 6.42 Å². The van der Waals surface area contributed by atoms with E-state index in [9.17, 15) is 9.59 Å². The predicted molar refractivity (Wildman–Crippen MR) is 60.2 cm³/mol. The molecule has 5 heteroatoms. The summed E-state index contributed by atoms with van der Waals surface area (Å²) < 4.78 is 4.84. The fraction of sp³-hybridized carbons (Fsp3) is 0.818. The van der Waals surface area contributed by atoms with Gasteiger partial charge in [0.1, 0.15) is 5.78 Å². The highest BCUT2D eigenvalue weighted by Crippen LogP contribution is 2.19. The average Bonchev–Trinajstić information content (AvgIpc) is 2.65. The maximum absolute atomic E-state index is 11.5. The lowest BCUT2D eigenvalue weighted by Crippen LogP contribution is -2.40. The number of hydrogen-bond donors (Lipinski definition) is 1. The second-order valence-corrected chi connectivity index (χ2v) is 4.19. The van der Waals surface area contributed by atoms with Crippen molar-refractivity contribution in [3.05, 3.63) is 0 Å². The van der Waals surface area contributed by atoms with E-state index in [2.05, 4.69) is 5.32 Å². The minimum absolute atomic E-state index is 0.0149. The lowest BCUT2D eigenvalue weighted by atomic mass is 10.2. The normalized spacial score (nSPS) is 20.4. The molecule has 0 aromatic rings. The third-order valence-corrected chi connectivity index (χ3v) is 2.86. The maximum atomic E-state index is 11.5. The molecule has 0 radical (unpaired) electrons. The van der Waals surface area contributed by atoms with Gasteiger partial charge in [-0.25, -0.2) is 0 Å². The van der Waals surface area contributed by atoms with Gasteiger partial charge in [0.15, 0.2) is 0 Å². The predicted octanol–water partition coefficient (Wildman–Crippen LogP) is -0.198. The molecule has 5 nitrogen and oxygen atoms in total. The molecule has 1 amide bonds. The average molecular weight is 228 g/mol. The zero-order valence-electron chi connectivity index (χ0n) is 9.99. The number of nitrogens with zero attached hydrogens (tertiary/aromatic N) is 1. The van der Waals surface area contributed by atoms with Crippen LogP contribution in [-0.2, 0) is 14.3 Å². The molecule has 0 aliphatic heterocycles. The van der Waals surface area contributed by atoms with Gasteiger partial charge in [-0.2, -0.15) is 0 Å². The number of Topliss-reactive ketones (excluding diaryl/α,β-unsaturated/α-hetero) is 1. The van der Waals surface area contributed by atoms with Crippen molar-refractivity contribution in [3.63, 3.8) is 0 Å². The van der Waals surface area contributed by atoms with Crippen molar-refractivity contribution in [2.75, 3.05) is 33.9 Å². The van der Waals surface area contributed by atoms with Gasteiger partial charge in [-0.05, 0) is 13.5 Å². The zero-order valence-corrected chi connectivity index (χ0v) is 9.99. The Morgan fingerprint density at radius 2 is 2.38 bits per heavy atom. The van der Waals surface area contributed by atoms with Crippen molar-refractivity contribution in [1.82, 2.24) is 10.2 Å². The first-order chi connectivity index (χ1) is 7.63. The minimum atomic E-state index is -0.0149. The van der Waals surface area contributed by atoms with E-state index in [0.29, 0.717) is 38.3 Å². The molecule has 0 spiro atoms. The summed E-state index contributed by atoms with van der Waals surface area (Å²) in [6.45, 7) is 1.41. The molecular formula is C11H20N2O3. The number of methoxy groups -OCH3 is 1. The third kappa shape index (κ3) is 4.28. The lowest BCUT2D eigenvalue weighted by molar-refractivity contribution is -0.123. The molecule has 0 bridgehead atoms. The standard InChI is InChI=1S/C11H20N2O3/c1-13(9-3-4-10(14)7-9)8-11(15)12-5-6-16-2/h9H,3-8H2,1-2H3,(H,12,15). The van der Waals surface area contributed by atoms with E-state index in [4.69, 9.17) is 4.74 Å². The first kappa shape index (κ1) is 13.1. The number of carbonyl (C=O) groups is 2. The molecule has 16 heavy (non-hydrogen) atoms. The summed E-state index contributed by atoms with van der Waals surface area (Å²) in [4.78, 5) is 24.5. The summed E-state index contributed by atoms with van der Waals surface area (Å²) in [5.41, 5.74) is 0. The zero-order chi connectivity index (χ0) is 12.0. The van der Waals surface area contributed by atoms with Crippen LogP contribution in [0, 0.1) is 0 Å². The van der Waals surface area contributed by atoms with Gasteiger partial charge in [-0.15, -0.1) is 0 Å². The van der Waals surface area contributed by atoms with Gasteiger partial charge in [0, 0.05) is 32.5 Å². The Bertz CT molecular complexity index is 256. The Kier molecular flexibility index (Phi) is 5.42. The molecule has 1 aliphatic rings. The number of nitrogens with one attached hydrogen (secondary N) is 1. The smallest absolute Gasteiger partial charge is 0.234 e. The summed E-state index contributed by atoms with van der Waals surface area (Å²) in [6.07, 6.45) is 2.11. The van der Waals surface area contributed by atoms with Gasteiger partial charge in [-0.3, -0.25) is 14.5 Å². The van der Waals surface area contributed by atoms with E-state index in [-0.39, 0.29) is 11.9 Å². The molecule has 92 valence electrons. The lowest BCUT2D eigenvalue weighted by Gasteiger charge is -2.22. The first-order valence-corrected chi connectivity index (χ1v) is 5.61. The van der Waals surface area contributed by atoms with Crippen LogP contribution in [0.4, 0.5) is 0 Å². The van der Waals surface area contributed by atoms with Crippen LogP contribution >= 0.6 is 0 Å². The highest BCUT2D eigenvalue weighted by Gasteiger charge is 2.26. The van der Waals surface area contributed by atoms with Crippen LogP contribution in [0.15, 0.2) is 0 Å². The maximum Gasteiger partial charge on any atom is 0.234 e. The summed E-state index contributed by atoms with van der Waals surface area (Å²) in [6, 6.07) is 0.237. The largest absolute Gasteiger partial charge is 0.383 e. The Balaban J connectivity index is 2.20. The molecule has 0 aromatic heterocycles.